The smallest absolute Gasteiger partial charge is 0.339 e. The van der Waals surface area contributed by atoms with Gasteiger partial charge >= 0.3 is 16.9 Å². The maximum absolute atomic E-state index is 13.2. The van der Waals surface area contributed by atoms with Gasteiger partial charge in [-0.1, -0.05) is 18.2 Å². The first-order valence-electron chi connectivity index (χ1n) is 12.9. The van der Waals surface area contributed by atoms with Crippen LogP contribution in [0, 0.1) is 0 Å². The minimum absolute atomic E-state index is 0.0305. The van der Waals surface area contributed by atoms with Crippen LogP contribution in [0.15, 0.2) is 100 Å². The van der Waals surface area contributed by atoms with E-state index in [0.29, 0.717) is 33.2 Å². The second-order valence-electron chi connectivity index (χ2n) is 10.0. The molecule has 3 aromatic heterocycles. The zero-order valence-corrected chi connectivity index (χ0v) is 21.6. The quantitative estimate of drug-likeness (QED) is 0.260. The van der Waals surface area contributed by atoms with Crippen LogP contribution in [0.5, 0.6) is 17.2 Å². The number of hydrogen-bond acceptors (Lipinski definition) is 10. The highest BCUT2D eigenvalue weighted by Gasteiger charge is 2.29. The van der Waals surface area contributed by atoms with Crippen molar-refractivity contribution in [3.8, 4) is 28.6 Å². The SMILES string of the molecule is O=c1cc(Cc2cc3c(oc2=O)-c2cc(Cc4cc(=O)oc5c(O)cccc45)ccc2OC3O)c2cc(O)ccc2o1. The van der Waals surface area contributed by atoms with Crippen LogP contribution in [0.2, 0.25) is 0 Å². The third-order valence-electron chi connectivity index (χ3n) is 7.26. The van der Waals surface area contributed by atoms with Crippen LogP contribution >= 0.6 is 0 Å². The third kappa shape index (κ3) is 4.30. The Morgan fingerprint density at radius 3 is 2.33 bits per heavy atom. The van der Waals surface area contributed by atoms with Gasteiger partial charge in [0, 0.05) is 34.9 Å². The fourth-order valence-electron chi connectivity index (χ4n) is 5.37. The highest BCUT2D eigenvalue weighted by atomic mass is 16.6. The van der Waals surface area contributed by atoms with Gasteiger partial charge in [0.1, 0.15) is 17.1 Å². The molecule has 1 aliphatic rings. The molecule has 10 nitrogen and oxygen atoms in total. The van der Waals surface area contributed by atoms with E-state index in [4.69, 9.17) is 18.0 Å². The van der Waals surface area contributed by atoms with Gasteiger partial charge in [-0.15, -0.1) is 0 Å². The lowest BCUT2D eigenvalue weighted by Crippen LogP contribution is -2.19. The van der Waals surface area contributed by atoms with Gasteiger partial charge in [0.25, 0.3) is 0 Å². The second kappa shape index (κ2) is 9.50. The van der Waals surface area contributed by atoms with Gasteiger partial charge < -0.3 is 33.3 Å². The summed E-state index contributed by atoms with van der Waals surface area (Å²) < 4.78 is 21.8. The molecule has 1 atom stereocenters. The second-order valence-corrected chi connectivity index (χ2v) is 10.0. The van der Waals surface area contributed by atoms with Gasteiger partial charge in [-0.3, -0.25) is 0 Å². The van der Waals surface area contributed by atoms with E-state index in [1.54, 1.807) is 30.3 Å². The van der Waals surface area contributed by atoms with E-state index in [9.17, 15) is 29.7 Å². The zero-order valence-electron chi connectivity index (χ0n) is 21.6. The summed E-state index contributed by atoms with van der Waals surface area (Å²) in [4.78, 5) is 37.5. The number of fused-ring (bicyclic) bond motifs is 5. The first-order valence-corrected chi connectivity index (χ1v) is 12.9. The maximum Gasteiger partial charge on any atom is 0.339 e. The predicted molar refractivity (Wildman–Crippen MR) is 150 cm³/mol. The molecule has 3 N–H and O–H groups in total. The lowest BCUT2D eigenvalue weighted by molar-refractivity contribution is -0.0232. The Morgan fingerprint density at radius 2 is 1.50 bits per heavy atom. The summed E-state index contributed by atoms with van der Waals surface area (Å²) in [6.45, 7) is 0. The minimum Gasteiger partial charge on any atom is -0.508 e. The number of phenols is 2. The Kier molecular flexibility index (Phi) is 5.73. The fourth-order valence-corrected chi connectivity index (χ4v) is 5.37. The van der Waals surface area contributed by atoms with Gasteiger partial charge in [0.05, 0.1) is 11.1 Å². The van der Waals surface area contributed by atoms with E-state index in [0.717, 1.165) is 5.56 Å². The number of aliphatic hydroxyl groups excluding tert-OH is 1. The molecule has 1 unspecified atom stereocenters. The lowest BCUT2D eigenvalue weighted by atomic mass is 9.95. The number of para-hydroxylation sites is 1. The van der Waals surface area contributed by atoms with E-state index in [1.165, 1.54) is 42.5 Å². The summed E-state index contributed by atoms with van der Waals surface area (Å²) in [7, 11) is 0. The Morgan fingerprint density at radius 1 is 0.714 bits per heavy atom. The summed E-state index contributed by atoms with van der Waals surface area (Å²) in [5, 5.41) is 31.9. The van der Waals surface area contributed by atoms with Crippen molar-refractivity contribution in [2.45, 2.75) is 19.1 Å². The zero-order chi connectivity index (χ0) is 29.1. The van der Waals surface area contributed by atoms with Crippen molar-refractivity contribution >= 4 is 21.9 Å². The van der Waals surface area contributed by atoms with Crippen LogP contribution in [-0.2, 0) is 12.8 Å². The maximum atomic E-state index is 13.2. The van der Waals surface area contributed by atoms with Gasteiger partial charge in [-0.05, 0) is 65.6 Å². The van der Waals surface area contributed by atoms with Gasteiger partial charge in [-0.2, -0.15) is 0 Å². The first-order chi connectivity index (χ1) is 20.2. The molecule has 0 aliphatic carbocycles. The standard InChI is InChI=1S/C32H20O10/c33-19-5-7-25-21(14-19)17(13-27(35)39-25)10-18-11-23-29(42-31(18)37)22-9-15(4-6-26(22)40-32(23)38)8-16-12-28(36)41-30-20(16)2-1-3-24(30)34/h1-7,9,11-14,32-34,38H,8,10H2. The predicted octanol–water partition coefficient (Wildman–Crippen LogP) is 4.50. The molecule has 6 aromatic rings. The molecule has 7 rings (SSSR count). The number of aliphatic hydroxyl groups is 1. The Balaban J connectivity index is 1.29. The molecular weight excluding hydrogens is 544 g/mol. The Labute approximate surface area is 234 Å². The summed E-state index contributed by atoms with van der Waals surface area (Å²) in [5.74, 6) is 0.246. The van der Waals surface area contributed by atoms with E-state index in [1.807, 2.05) is 0 Å². The van der Waals surface area contributed by atoms with Gasteiger partial charge in [0.2, 0.25) is 6.29 Å². The summed E-state index contributed by atoms with van der Waals surface area (Å²) >= 11 is 0. The van der Waals surface area contributed by atoms with E-state index in [2.05, 4.69) is 0 Å². The molecule has 208 valence electrons. The van der Waals surface area contributed by atoms with Gasteiger partial charge in [0.15, 0.2) is 17.1 Å². The van der Waals surface area contributed by atoms with Crippen molar-refractivity contribution < 1.29 is 33.3 Å². The normalized spacial score (nSPS) is 14.0. The number of hydrogen-bond donors (Lipinski definition) is 3. The van der Waals surface area contributed by atoms with Crippen molar-refractivity contribution in [1.82, 2.24) is 0 Å². The van der Waals surface area contributed by atoms with Crippen LogP contribution in [0.25, 0.3) is 33.3 Å². The number of aromatic hydroxyl groups is 2. The van der Waals surface area contributed by atoms with Crippen molar-refractivity contribution in [3.05, 3.63) is 132 Å². The third-order valence-corrected chi connectivity index (χ3v) is 7.26. The molecule has 10 heteroatoms. The number of benzene rings is 3. The molecular formula is C32H20O10. The van der Waals surface area contributed by atoms with E-state index >= 15 is 0 Å². The Hall–Kier alpha value is -5.61. The van der Waals surface area contributed by atoms with Crippen molar-refractivity contribution in [2.24, 2.45) is 0 Å². The summed E-state index contributed by atoms with van der Waals surface area (Å²) in [5.41, 5.74) is 1.05. The van der Waals surface area contributed by atoms with Crippen LogP contribution in [0.3, 0.4) is 0 Å². The molecule has 0 bridgehead atoms. The first kappa shape index (κ1) is 25.4. The molecule has 0 radical (unpaired) electrons. The highest BCUT2D eigenvalue weighted by molar-refractivity contribution is 5.85. The van der Waals surface area contributed by atoms with Crippen LogP contribution in [0.1, 0.15) is 34.1 Å². The van der Waals surface area contributed by atoms with Crippen molar-refractivity contribution in [3.63, 3.8) is 0 Å². The Bertz CT molecular complexity index is 2240. The topological polar surface area (TPSA) is 161 Å². The lowest BCUT2D eigenvalue weighted by Gasteiger charge is -2.24. The average molecular weight is 565 g/mol. The molecule has 0 saturated heterocycles. The van der Waals surface area contributed by atoms with E-state index in [-0.39, 0.29) is 52.4 Å². The van der Waals surface area contributed by atoms with Gasteiger partial charge in [-0.25, -0.2) is 14.4 Å². The molecule has 3 aromatic carbocycles. The van der Waals surface area contributed by atoms with E-state index < -0.39 is 23.2 Å². The largest absolute Gasteiger partial charge is 0.508 e. The van der Waals surface area contributed by atoms with Crippen molar-refractivity contribution in [2.75, 3.05) is 0 Å². The number of phenolic OH excluding ortho intramolecular Hbond substituents is 2. The highest BCUT2D eigenvalue weighted by Crippen LogP contribution is 2.42. The number of ether oxygens (including phenoxy) is 1. The number of rotatable bonds is 4. The molecule has 1 aliphatic heterocycles. The van der Waals surface area contributed by atoms with Crippen LogP contribution in [0.4, 0.5) is 0 Å². The minimum atomic E-state index is -1.42. The molecule has 0 fully saturated rings. The fraction of sp³-hybridized carbons (Fsp3) is 0.0938. The summed E-state index contributed by atoms with van der Waals surface area (Å²) in [6.07, 6.45) is -1.17. The average Bonchev–Trinajstić information content (AvgIpc) is 2.95. The molecule has 4 heterocycles. The molecule has 0 spiro atoms. The van der Waals surface area contributed by atoms with Crippen LogP contribution in [-0.4, -0.2) is 15.3 Å². The molecule has 0 amide bonds. The molecule has 0 saturated carbocycles. The molecule has 42 heavy (non-hydrogen) atoms. The monoisotopic (exact) mass is 564 g/mol. The summed E-state index contributed by atoms with van der Waals surface area (Å²) in [6, 6.07) is 18.3. The van der Waals surface area contributed by atoms with Crippen LogP contribution < -0.4 is 21.6 Å². The van der Waals surface area contributed by atoms with Crippen molar-refractivity contribution in [1.29, 1.82) is 0 Å².